The van der Waals surface area contributed by atoms with Crippen molar-refractivity contribution in [2.45, 2.75) is 25.9 Å². The van der Waals surface area contributed by atoms with Crippen LogP contribution in [0.2, 0.25) is 0 Å². The minimum absolute atomic E-state index is 0.164. The first-order chi connectivity index (χ1) is 8.36. The van der Waals surface area contributed by atoms with E-state index in [9.17, 15) is 10.1 Å². The van der Waals surface area contributed by atoms with E-state index < -0.39 is 10.5 Å². The van der Waals surface area contributed by atoms with E-state index in [-0.39, 0.29) is 12.4 Å². The highest BCUT2D eigenvalue weighted by atomic mass is 16.6. The van der Waals surface area contributed by atoms with Crippen molar-refractivity contribution >= 4 is 5.82 Å². The van der Waals surface area contributed by atoms with Crippen molar-refractivity contribution in [2.24, 2.45) is 5.73 Å². The van der Waals surface area contributed by atoms with Gasteiger partial charge in [-0.2, -0.15) is 9.67 Å². The average Bonchev–Trinajstić information content (AvgIpc) is 2.85. The fourth-order valence-electron chi connectivity index (χ4n) is 1.26. The van der Waals surface area contributed by atoms with Crippen LogP contribution in [0.1, 0.15) is 25.6 Å². The van der Waals surface area contributed by atoms with E-state index >= 15 is 0 Å². The van der Waals surface area contributed by atoms with E-state index in [1.807, 2.05) is 0 Å². The van der Waals surface area contributed by atoms with Crippen LogP contribution in [0.25, 0.3) is 0 Å². The molecule has 0 fully saturated rings. The molecule has 0 saturated heterocycles. The van der Waals surface area contributed by atoms with Crippen molar-refractivity contribution in [3.8, 4) is 0 Å². The predicted octanol–water partition coefficient (Wildman–Crippen LogP) is 0.416. The zero-order valence-electron chi connectivity index (χ0n) is 9.90. The first kappa shape index (κ1) is 12.2. The summed E-state index contributed by atoms with van der Waals surface area (Å²) in [6.45, 7) is 3.66. The summed E-state index contributed by atoms with van der Waals surface area (Å²) in [5.74, 6) is 0.439. The number of nitrogens with zero attached hydrogens (tertiary/aromatic N) is 5. The zero-order chi connectivity index (χ0) is 13.3. The van der Waals surface area contributed by atoms with Gasteiger partial charge in [-0.3, -0.25) is 0 Å². The molecule has 0 aromatic carbocycles. The van der Waals surface area contributed by atoms with E-state index in [0.717, 1.165) is 0 Å². The van der Waals surface area contributed by atoms with E-state index in [4.69, 9.17) is 10.3 Å². The molecule has 9 heteroatoms. The van der Waals surface area contributed by atoms with E-state index in [0.29, 0.717) is 11.7 Å². The van der Waals surface area contributed by atoms with Crippen LogP contribution < -0.4 is 5.73 Å². The third-order valence-corrected chi connectivity index (χ3v) is 2.16. The summed E-state index contributed by atoms with van der Waals surface area (Å²) in [5, 5.41) is 17.9. The molecule has 0 aliphatic carbocycles. The Kier molecular flexibility index (Phi) is 2.83. The Balaban J connectivity index is 2.14. The number of aromatic nitrogens is 4. The molecule has 0 atom stereocenters. The summed E-state index contributed by atoms with van der Waals surface area (Å²) in [5.41, 5.74) is 5.11. The van der Waals surface area contributed by atoms with Crippen molar-refractivity contribution in [2.75, 3.05) is 0 Å². The highest BCUT2D eigenvalue weighted by molar-refractivity contribution is 5.14. The Bertz CT molecular complexity index is 567. The molecule has 96 valence electrons. The molecular formula is C9H12N6O3. The van der Waals surface area contributed by atoms with Crippen LogP contribution in [0, 0.1) is 10.1 Å². The molecule has 0 amide bonds. The molecule has 2 N–H and O–H groups in total. The van der Waals surface area contributed by atoms with Crippen molar-refractivity contribution < 1.29 is 9.45 Å². The minimum Gasteiger partial charge on any atom is -0.358 e. The Labute approximate surface area is 102 Å². The molecule has 0 aliphatic rings. The second-order valence-electron chi connectivity index (χ2n) is 4.36. The molecule has 0 aliphatic heterocycles. The molecule has 0 saturated carbocycles. The Morgan fingerprint density at radius 1 is 1.61 bits per heavy atom. The summed E-state index contributed by atoms with van der Waals surface area (Å²) >= 11 is 0. The van der Waals surface area contributed by atoms with Gasteiger partial charge in [0.05, 0.1) is 22.9 Å². The summed E-state index contributed by atoms with van der Waals surface area (Å²) in [4.78, 5) is 14.0. The van der Waals surface area contributed by atoms with Crippen molar-refractivity contribution in [1.29, 1.82) is 0 Å². The maximum absolute atomic E-state index is 10.5. The van der Waals surface area contributed by atoms with Gasteiger partial charge in [0, 0.05) is 0 Å². The van der Waals surface area contributed by atoms with Gasteiger partial charge < -0.3 is 20.4 Å². The monoisotopic (exact) mass is 252 g/mol. The van der Waals surface area contributed by atoms with Gasteiger partial charge in [0.15, 0.2) is 5.82 Å². The number of nitro groups is 1. The van der Waals surface area contributed by atoms with Crippen LogP contribution >= 0.6 is 0 Å². The van der Waals surface area contributed by atoms with Gasteiger partial charge in [-0.1, -0.05) is 5.16 Å². The molecule has 2 aromatic rings. The lowest BCUT2D eigenvalue weighted by atomic mass is 10.1. The maximum Gasteiger partial charge on any atom is 0.389 e. The standard InChI is InChI=1S/C9H12N6O3/c1-9(2,10)8-11-7(18-13-8)5-14-4-3-6(12-14)15(16)17/h3-4H,5,10H2,1-2H3. The smallest absolute Gasteiger partial charge is 0.358 e. The predicted molar refractivity (Wildman–Crippen MR) is 59.5 cm³/mol. The minimum atomic E-state index is -0.697. The van der Waals surface area contributed by atoms with Gasteiger partial charge in [-0.15, -0.1) is 0 Å². The molecule has 0 bridgehead atoms. The molecule has 0 radical (unpaired) electrons. The second-order valence-corrected chi connectivity index (χ2v) is 4.36. The summed E-state index contributed by atoms with van der Waals surface area (Å²) in [6.07, 6.45) is 1.47. The molecule has 0 unspecified atom stereocenters. The Hall–Kier alpha value is -2.29. The van der Waals surface area contributed by atoms with Crippen molar-refractivity contribution in [1.82, 2.24) is 19.9 Å². The third kappa shape index (κ3) is 2.51. The van der Waals surface area contributed by atoms with Gasteiger partial charge in [0.2, 0.25) is 0 Å². The third-order valence-electron chi connectivity index (χ3n) is 2.16. The Morgan fingerprint density at radius 2 is 2.33 bits per heavy atom. The number of nitrogens with two attached hydrogens (primary N) is 1. The second kappa shape index (κ2) is 4.18. The van der Waals surface area contributed by atoms with Crippen LogP contribution in [0.15, 0.2) is 16.8 Å². The van der Waals surface area contributed by atoms with Crippen molar-refractivity contribution in [3.05, 3.63) is 34.1 Å². The summed E-state index contributed by atoms with van der Waals surface area (Å²) < 4.78 is 6.34. The Morgan fingerprint density at radius 3 is 2.83 bits per heavy atom. The fourth-order valence-corrected chi connectivity index (χ4v) is 1.26. The lowest BCUT2D eigenvalue weighted by Crippen LogP contribution is -2.30. The maximum atomic E-state index is 10.5. The van der Waals surface area contributed by atoms with Gasteiger partial charge in [0.25, 0.3) is 5.89 Å². The number of hydrogen-bond donors (Lipinski definition) is 1. The zero-order valence-corrected chi connectivity index (χ0v) is 9.90. The van der Waals surface area contributed by atoms with Crippen LogP contribution in [-0.4, -0.2) is 24.8 Å². The van der Waals surface area contributed by atoms with Gasteiger partial charge in [-0.05, 0) is 18.8 Å². The quantitative estimate of drug-likeness (QED) is 0.617. The van der Waals surface area contributed by atoms with Crippen LogP contribution in [0.3, 0.4) is 0 Å². The topological polar surface area (TPSA) is 126 Å². The van der Waals surface area contributed by atoms with Crippen LogP contribution in [-0.2, 0) is 12.1 Å². The van der Waals surface area contributed by atoms with Crippen LogP contribution in [0.4, 0.5) is 5.82 Å². The lowest BCUT2D eigenvalue weighted by molar-refractivity contribution is -0.389. The highest BCUT2D eigenvalue weighted by Crippen LogP contribution is 2.13. The lowest BCUT2D eigenvalue weighted by Gasteiger charge is -2.11. The van der Waals surface area contributed by atoms with E-state index in [1.54, 1.807) is 13.8 Å². The van der Waals surface area contributed by atoms with Crippen molar-refractivity contribution in [3.63, 3.8) is 0 Å². The molecule has 2 rings (SSSR count). The molecule has 9 nitrogen and oxygen atoms in total. The molecule has 2 aromatic heterocycles. The van der Waals surface area contributed by atoms with Gasteiger partial charge >= 0.3 is 5.82 Å². The highest BCUT2D eigenvalue weighted by Gasteiger charge is 2.22. The summed E-state index contributed by atoms with van der Waals surface area (Å²) in [7, 11) is 0. The van der Waals surface area contributed by atoms with E-state index in [2.05, 4.69) is 15.2 Å². The SMILES string of the molecule is CC(C)(N)c1noc(Cn2ccc([N+](=O)[O-])n2)n1. The van der Waals surface area contributed by atoms with E-state index in [1.165, 1.54) is 16.9 Å². The first-order valence-corrected chi connectivity index (χ1v) is 5.16. The molecule has 0 spiro atoms. The largest absolute Gasteiger partial charge is 0.389 e. The van der Waals surface area contributed by atoms with Gasteiger partial charge in [0.1, 0.15) is 6.54 Å². The summed E-state index contributed by atoms with van der Waals surface area (Å²) in [6, 6.07) is 1.30. The van der Waals surface area contributed by atoms with Gasteiger partial charge in [-0.25, -0.2) is 0 Å². The first-order valence-electron chi connectivity index (χ1n) is 5.16. The van der Waals surface area contributed by atoms with Crippen LogP contribution in [0.5, 0.6) is 0 Å². The number of rotatable bonds is 4. The molecule has 2 heterocycles. The average molecular weight is 252 g/mol. The number of hydrogen-bond acceptors (Lipinski definition) is 7. The molecular weight excluding hydrogens is 240 g/mol. The fraction of sp³-hybridized carbons (Fsp3) is 0.444. The normalized spacial score (nSPS) is 11.7. The molecule has 18 heavy (non-hydrogen) atoms.